The molecule has 0 aliphatic rings. The van der Waals surface area contributed by atoms with Crippen molar-refractivity contribution in [3.8, 4) is 0 Å². The van der Waals surface area contributed by atoms with Gasteiger partial charge in [0.05, 0.1) is 0 Å². The Morgan fingerprint density at radius 1 is 1.67 bits per heavy atom. The van der Waals surface area contributed by atoms with Crippen molar-refractivity contribution in [2.75, 3.05) is 0 Å². The molecule has 1 N–H and O–H groups in total. The van der Waals surface area contributed by atoms with Crippen LogP contribution in [-0.2, 0) is 4.79 Å². The second kappa shape index (κ2) is 8.86. The molecule has 0 aromatic carbocycles. The molecule has 6 heavy (non-hydrogen) atoms. The Kier molecular flexibility index (Phi) is 24.9. The van der Waals surface area contributed by atoms with Gasteiger partial charge in [-0.15, -0.1) is 0 Å². The number of hydrogen-bond acceptors (Lipinski definition) is 1. The molecule has 0 fully saturated rings. The van der Waals surface area contributed by atoms with Crippen molar-refractivity contribution in [1.82, 2.24) is 0 Å². The number of carboxylic acid groups (broad SMARTS) is 1. The molecule has 3 heteroatoms. The molecule has 0 aliphatic carbocycles. The van der Waals surface area contributed by atoms with Gasteiger partial charge in [0.2, 0.25) is 0 Å². The third-order valence-corrected chi connectivity index (χ3v) is 0. The van der Waals surface area contributed by atoms with E-state index in [-0.39, 0.29) is 17.3 Å². The fourth-order valence-corrected chi connectivity index (χ4v) is 0. The quantitative estimate of drug-likeness (QED) is 0.468. The van der Waals surface area contributed by atoms with Gasteiger partial charge < -0.3 is 5.11 Å². The van der Waals surface area contributed by atoms with Crippen molar-refractivity contribution in [3.63, 3.8) is 0 Å². The molecule has 0 aromatic rings. The van der Waals surface area contributed by atoms with Crippen LogP contribution < -0.4 is 0 Å². The van der Waals surface area contributed by atoms with Crippen molar-refractivity contribution in [1.29, 1.82) is 0 Å². The molecule has 0 aromatic heterocycles. The number of carboxylic acids is 1. The van der Waals surface area contributed by atoms with Crippen LogP contribution in [-0.4, -0.2) is 11.1 Å². The molecule has 0 bridgehead atoms. The van der Waals surface area contributed by atoms with Gasteiger partial charge in [-0.05, 0) is 0 Å². The summed E-state index contributed by atoms with van der Waals surface area (Å²) in [7, 11) is 0. The highest BCUT2D eigenvalue weighted by molar-refractivity contribution is 6.92. The first kappa shape index (κ1) is 16.8. The highest BCUT2D eigenvalue weighted by atomic mass is 31.0. The highest BCUT2D eigenvalue weighted by Crippen LogP contribution is 1.42. The normalized spacial score (nSPS) is 4.17. The summed E-state index contributed by atoms with van der Waals surface area (Å²) in [6.07, 6.45) is 0. The van der Waals surface area contributed by atoms with Gasteiger partial charge in [-0.3, -0.25) is 4.79 Å². The van der Waals surface area contributed by atoms with Crippen molar-refractivity contribution >= 4 is 15.9 Å². The van der Waals surface area contributed by atoms with E-state index in [1.165, 1.54) is 0 Å². The lowest BCUT2D eigenvalue weighted by Crippen LogP contribution is -1.78. The Bertz CT molecular complexity index is 31.8. The summed E-state index contributed by atoms with van der Waals surface area (Å²) in [5.74, 6) is -0.833. The predicted octanol–water partition coefficient (Wildman–Crippen LogP) is 0.785. The van der Waals surface area contributed by atoms with E-state index in [0.29, 0.717) is 0 Å². The third kappa shape index (κ3) is 3280. The van der Waals surface area contributed by atoms with Gasteiger partial charge in [-0.1, -0.05) is 7.43 Å². The molecule has 40 valence electrons. The van der Waals surface area contributed by atoms with Crippen molar-refractivity contribution < 1.29 is 9.90 Å². The minimum absolute atomic E-state index is 0. The van der Waals surface area contributed by atoms with Crippen molar-refractivity contribution in [3.05, 3.63) is 0 Å². The van der Waals surface area contributed by atoms with Crippen molar-refractivity contribution in [2.45, 2.75) is 14.4 Å². The second-order valence-corrected chi connectivity index (χ2v) is 0.519. The van der Waals surface area contributed by atoms with Gasteiger partial charge in [0.15, 0.2) is 0 Å². The Balaban J connectivity index is -0.0000000450. The molecule has 0 spiro atoms. The van der Waals surface area contributed by atoms with Gasteiger partial charge >= 0.3 is 0 Å². The molecule has 1 atom stereocenters. The maximum Gasteiger partial charge on any atom is 0.300 e. The SMILES string of the molecule is C.CC(=O)O.P. The molecule has 0 saturated carbocycles. The van der Waals surface area contributed by atoms with E-state index in [0.717, 1.165) is 6.92 Å². The van der Waals surface area contributed by atoms with E-state index < -0.39 is 5.97 Å². The lowest BCUT2D eigenvalue weighted by molar-refractivity contribution is -0.134. The highest BCUT2D eigenvalue weighted by Gasteiger charge is 1.65. The topological polar surface area (TPSA) is 37.3 Å². The van der Waals surface area contributed by atoms with Crippen LogP contribution in [0.1, 0.15) is 14.4 Å². The molecule has 0 amide bonds. The van der Waals surface area contributed by atoms with Crippen LogP contribution >= 0.6 is 9.90 Å². The van der Waals surface area contributed by atoms with Crippen LogP contribution in [0.5, 0.6) is 0 Å². The lowest BCUT2D eigenvalue weighted by atomic mass is 10.9. The van der Waals surface area contributed by atoms with E-state index >= 15 is 0 Å². The molecule has 0 heterocycles. The summed E-state index contributed by atoms with van der Waals surface area (Å²) in [6.45, 7) is 1.08. The third-order valence-electron chi connectivity index (χ3n) is 0. The van der Waals surface area contributed by atoms with E-state index in [9.17, 15) is 0 Å². The van der Waals surface area contributed by atoms with E-state index in [4.69, 9.17) is 9.90 Å². The zero-order valence-electron chi connectivity index (χ0n) is 3.06. The zero-order valence-corrected chi connectivity index (χ0v) is 4.48. The van der Waals surface area contributed by atoms with Crippen LogP contribution in [0.2, 0.25) is 0 Å². The standard InChI is InChI=1S/C2H4O2.CH4.H3P/c1-2(3)4;;/h1H3,(H,3,4);1H4;1H3. The summed E-state index contributed by atoms with van der Waals surface area (Å²) in [6, 6.07) is 0. The van der Waals surface area contributed by atoms with E-state index in [1.54, 1.807) is 0 Å². The van der Waals surface area contributed by atoms with Gasteiger partial charge in [-0.2, -0.15) is 9.90 Å². The van der Waals surface area contributed by atoms with Crippen molar-refractivity contribution in [2.24, 2.45) is 0 Å². The maximum absolute atomic E-state index is 9.00. The number of carbonyl (C=O) groups is 1. The lowest BCUT2D eigenvalue weighted by Gasteiger charge is -1.59. The molecular formula is C3H11O2P. The average molecular weight is 110 g/mol. The number of rotatable bonds is 0. The van der Waals surface area contributed by atoms with Gasteiger partial charge in [0.25, 0.3) is 5.97 Å². The fourth-order valence-electron chi connectivity index (χ4n) is 0. The molecule has 0 saturated heterocycles. The molecular weight excluding hydrogens is 99.0 g/mol. The second-order valence-electron chi connectivity index (χ2n) is 0.519. The molecule has 0 aliphatic heterocycles. The largest absolute Gasteiger partial charge is 0.481 e. The van der Waals surface area contributed by atoms with E-state index in [2.05, 4.69) is 0 Å². The van der Waals surface area contributed by atoms with Crippen LogP contribution in [0.25, 0.3) is 0 Å². The van der Waals surface area contributed by atoms with Gasteiger partial charge in [-0.25, -0.2) is 0 Å². The summed E-state index contributed by atoms with van der Waals surface area (Å²) >= 11 is 0. The monoisotopic (exact) mass is 110 g/mol. The Morgan fingerprint density at radius 3 is 1.67 bits per heavy atom. The Labute approximate surface area is 41.2 Å². The molecule has 2 nitrogen and oxygen atoms in total. The molecule has 1 unspecified atom stereocenters. The summed E-state index contributed by atoms with van der Waals surface area (Å²) in [5, 5.41) is 7.42. The van der Waals surface area contributed by atoms with E-state index in [1.807, 2.05) is 0 Å². The summed E-state index contributed by atoms with van der Waals surface area (Å²) in [4.78, 5) is 9.00. The summed E-state index contributed by atoms with van der Waals surface area (Å²) < 4.78 is 0. The first-order valence-corrected chi connectivity index (χ1v) is 0.928. The Morgan fingerprint density at radius 2 is 1.67 bits per heavy atom. The number of aliphatic carboxylic acids is 1. The molecule has 0 radical (unpaired) electrons. The summed E-state index contributed by atoms with van der Waals surface area (Å²) in [5.41, 5.74) is 0. The fraction of sp³-hybridized carbons (Fsp3) is 0.667. The predicted molar refractivity (Wildman–Crippen MR) is 31.1 cm³/mol. The average Bonchev–Trinajstić information content (AvgIpc) is 0.811. The van der Waals surface area contributed by atoms with Crippen LogP contribution in [0.15, 0.2) is 0 Å². The zero-order chi connectivity index (χ0) is 3.58. The van der Waals surface area contributed by atoms with Crippen LogP contribution in [0, 0.1) is 0 Å². The Hall–Kier alpha value is -0.100. The maximum atomic E-state index is 9.00. The molecule has 0 rings (SSSR count). The van der Waals surface area contributed by atoms with Gasteiger partial charge in [0.1, 0.15) is 0 Å². The number of hydrogen-bond donors (Lipinski definition) is 1. The smallest absolute Gasteiger partial charge is 0.300 e. The first-order chi connectivity index (χ1) is 1.73. The minimum atomic E-state index is -0.833. The first-order valence-electron chi connectivity index (χ1n) is 0.928. The minimum Gasteiger partial charge on any atom is -0.481 e. The van der Waals surface area contributed by atoms with Crippen LogP contribution in [0.4, 0.5) is 0 Å². The van der Waals surface area contributed by atoms with Gasteiger partial charge in [0, 0.05) is 6.92 Å². The van der Waals surface area contributed by atoms with Crippen LogP contribution in [0.3, 0.4) is 0 Å².